The van der Waals surface area contributed by atoms with Gasteiger partial charge in [0.1, 0.15) is 12.6 Å². The van der Waals surface area contributed by atoms with Crippen LogP contribution in [0.2, 0.25) is 0 Å². The Morgan fingerprint density at radius 2 is 1.62 bits per heavy atom. The molecule has 3 aromatic carbocycles. The minimum absolute atomic E-state index is 0.0867. The maximum absolute atomic E-state index is 14.2. The van der Waals surface area contributed by atoms with Gasteiger partial charge in [-0.3, -0.25) is 13.9 Å². The van der Waals surface area contributed by atoms with Crippen molar-refractivity contribution in [1.29, 1.82) is 0 Å². The molecule has 2 amide bonds. The quantitative estimate of drug-likeness (QED) is 0.292. The molecular formula is C31H38BrN3O4S. The normalized spacial score (nSPS) is 12.8. The number of aryl methyl sites for hydroxylation is 2. The van der Waals surface area contributed by atoms with Crippen LogP contribution in [0.1, 0.15) is 42.5 Å². The summed E-state index contributed by atoms with van der Waals surface area (Å²) in [5.74, 6) is -0.746. The Labute approximate surface area is 246 Å². The number of carbonyl (C=O) groups excluding carboxylic acids is 2. The minimum atomic E-state index is -3.81. The van der Waals surface area contributed by atoms with Gasteiger partial charge in [0.05, 0.1) is 11.9 Å². The summed E-state index contributed by atoms with van der Waals surface area (Å²) in [5, 5.41) is 3.04. The number of carbonyl (C=O) groups is 2. The number of sulfonamides is 1. The van der Waals surface area contributed by atoms with Gasteiger partial charge in [0.15, 0.2) is 0 Å². The van der Waals surface area contributed by atoms with Crippen LogP contribution in [0.4, 0.5) is 5.69 Å². The van der Waals surface area contributed by atoms with Crippen LogP contribution in [-0.4, -0.2) is 50.0 Å². The molecule has 0 unspecified atom stereocenters. The molecule has 0 aliphatic rings. The molecule has 7 nitrogen and oxygen atoms in total. The van der Waals surface area contributed by atoms with Crippen molar-refractivity contribution in [2.75, 3.05) is 17.1 Å². The van der Waals surface area contributed by atoms with Crippen molar-refractivity contribution >= 4 is 43.5 Å². The van der Waals surface area contributed by atoms with E-state index in [2.05, 4.69) is 21.2 Å². The van der Waals surface area contributed by atoms with Crippen molar-refractivity contribution in [3.8, 4) is 0 Å². The highest BCUT2D eigenvalue weighted by atomic mass is 79.9. The lowest BCUT2D eigenvalue weighted by Crippen LogP contribution is -2.54. The number of anilines is 1. The lowest BCUT2D eigenvalue weighted by molar-refractivity contribution is -0.140. The predicted octanol–water partition coefficient (Wildman–Crippen LogP) is 5.39. The first-order valence-corrected chi connectivity index (χ1v) is 16.0. The van der Waals surface area contributed by atoms with E-state index >= 15 is 0 Å². The summed E-state index contributed by atoms with van der Waals surface area (Å²) in [6.07, 6.45) is 2.11. The van der Waals surface area contributed by atoms with Gasteiger partial charge in [0.25, 0.3) is 0 Å². The molecule has 0 aromatic heterocycles. The molecule has 3 rings (SSSR count). The first-order chi connectivity index (χ1) is 18.9. The Morgan fingerprint density at radius 1 is 0.950 bits per heavy atom. The minimum Gasteiger partial charge on any atom is -0.352 e. The second kappa shape index (κ2) is 13.9. The van der Waals surface area contributed by atoms with Gasteiger partial charge < -0.3 is 10.2 Å². The largest absolute Gasteiger partial charge is 0.352 e. The fourth-order valence-electron chi connectivity index (χ4n) is 4.51. The molecule has 1 N–H and O–H groups in total. The summed E-state index contributed by atoms with van der Waals surface area (Å²) in [7, 11) is -3.81. The number of nitrogens with zero attached hydrogens (tertiary/aromatic N) is 2. The van der Waals surface area contributed by atoms with Crippen LogP contribution in [0, 0.1) is 13.8 Å². The molecule has 2 atom stereocenters. The van der Waals surface area contributed by atoms with Gasteiger partial charge in [-0.1, -0.05) is 83.0 Å². The molecule has 0 radical (unpaired) electrons. The van der Waals surface area contributed by atoms with Crippen LogP contribution in [0.15, 0.2) is 77.3 Å². The Morgan fingerprint density at radius 3 is 2.23 bits per heavy atom. The first-order valence-electron chi connectivity index (χ1n) is 13.3. The van der Waals surface area contributed by atoms with Gasteiger partial charge in [0.2, 0.25) is 21.8 Å². The molecule has 0 fully saturated rings. The first kappa shape index (κ1) is 31.4. The number of halogens is 1. The highest BCUT2D eigenvalue weighted by molar-refractivity contribution is 9.10. The van der Waals surface area contributed by atoms with E-state index in [1.165, 1.54) is 4.90 Å². The average Bonchev–Trinajstić information content (AvgIpc) is 2.89. The Hall–Kier alpha value is -3.17. The number of hydrogen-bond acceptors (Lipinski definition) is 4. The summed E-state index contributed by atoms with van der Waals surface area (Å²) in [5.41, 5.74) is 3.88. The van der Waals surface area contributed by atoms with Crippen molar-refractivity contribution in [1.82, 2.24) is 10.2 Å². The fourth-order valence-corrected chi connectivity index (χ4v) is 5.86. The highest BCUT2D eigenvalue weighted by Gasteiger charge is 2.33. The van der Waals surface area contributed by atoms with Crippen molar-refractivity contribution in [3.05, 3.63) is 99.5 Å². The van der Waals surface area contributed by atoms with Crippen LogP contribution in [0.3, 0.4) is 0 Å². The third-order valence-corrected chi connectivity index (χ3v) is 8.43. The fraction of sp³-hybridized carbons (Fsp3) is 0.355. The molecule has 214 valence electrons. The van der Waals surface area contributed by atoms with Crippen molar-refractivity contribution in [3.63, 3.8) is 0 Å². The third-order valence-electron chi connectivity index (χ3n) is 6.81. The molecule has 0 aliphatic carbocycles. The topological polar surface area (TPSA) is 86.8 Å². The highest BCUT2D eigenvalue weighted by Crippen LogP contribution is 2.25. The van der Waals surface area contributed by atoms with Crippen LogP contribution >= 0.6 is 15.9 Å². The average molecular weight is 629 g/mol. The zero-order valence-electron chi connectivity index (χ0n) is 23.7. The molecule has 9 heteroatoms. The maximum atomic E-state index is 14.2. The summed E-state index contributed by atoms with van der Waals surface area (Å²) < 4.78 is 27.9. The zero-order chi connectivity index (χ0) is 29.4. The molecule has 40 heavy (non-hydrogen) atoms. The van der Waals surface area contributed by atoms with E-state index in [0.717, 1.165) is 43.7 Å². The second-order valence-corrected chi connectivity index (χ2v) is 13.1. The molecule has 0 heterocycles. The molecule has 0 bridgehead atoms. The number of amides is 2. The van der Waals surface area contributed by atoms with E-state index in [4.69, 9.17) is 0 Å². The molecular weight excluding hydrogens is 590 g/mol. The van der Waals surface area contributed by atoms with Gasteiger partial charge in [-0.2, -0.15) is 0 Å². The van der Waals surface area contributed by atoms with Crippen LogP contribution in [0.25, 0.3) is 0 Å². The van der Waals surface area contributed by atoms with Gasteiger partial charge in [0, 0.05) is 23.5 Å². The molecule has 0 saturated heterocycles. The van der Waals surface area contributed by atoms with Crippen molar-refractivity contribution in [2.24, 2.45) is 0 Å². The van der Waals surface area contributed by atoms with Crippen LogP contribution in [0.5, 0.6) is 0 Å². The van der Waals surface area contributed by atoms with E-state index in [1.807, 2.05) is 94.4 Å². The molecule has 0 aliphatic heterocycles. The van der Waals surface area contributed by atoms with Gasteiger partial charge in [-0.15, -0.1) is 0 Å². The number of hydrogen-bond donors (Lipinski definition) is 1. The number of benzene rings is 3. The summed E-state index contributed by atoms with van der Waals surface area (Å²) >= 11 is 3.49. The lowest BCUT2D eigenvalue weighted by atomic mass is 10.0. The van der Waals surface area contributed by atoms with Gasteiger partial charge in [-0.05, 0) is 62.1 Å². The van der Waals surface area contributed by atoms with Crippen molar-refractivity contribution in [2.45, 2.75) is 59.2 Å². The Kier molecular flexibility index (Phi) is 10.9. The van der Waals surface area contributed by atoms with Crippen LogP contribution in [-0.2, 0) is 32.6 Å². The SMILES string of the molecule is CC[C@@H](C)NC(=O)[C@H](Cc1ccccc1)N(Cc1cccc(Br)c1)C(=O)CN(c1ccc(C)cc1C)S(C)(=O)=O. The van der Waals surface area contributed by atoms with E-state index in [-0.39, 0.29) is 24.9 Å². The van der Waals surface area contributed by atoms with E-state index in [0.29, 0.717) is 5.69 Å². The standard InChI is InChI=1S/C31H38BrN3O4S/c1-6-24(4)33-31(37)29(19-25-11-8-7-9-12-25)34(20-26-13-10-14-27(32)18-26)30(36)21-35(40(5,38)39)28-16-15-22(2)17-23(28)3/h7-18,24,29H,6,19-21H2,1-5H3,(H,33,37)/t24-,29+/m1/s1. The van der Waals surface area contributed by atoms with Gasteiger partial charge >= 0.3 is 0 Å². The molecule has 0 saturated carbocycles. The summed E-state index contributed by atoms with van der Waals surface area (Å²) in [6, 6.07) is 21.5. The third kappa shape index (κ3) is 8.66. The van der Waals surface area contributed by atoms with Gasteiger partial charge in [-0.25, -0.2) is 8.42 Å². The van der Waals surface area contributed by atoms with E-state index in [9.17, 15) is 18.0 Å². The van der Waals surface area contributed by atoms with E-state index < -0.39 is 28.5 Å². The number of nitrogens with one attached hydrogen (secondary N) is 1. The van der Waals surface area contributed by atoms with Crippen LogP contribution < -0.4 is 9.62 Å². The number of rotatable bonds is 12. The zero-order valence-corrected chi connectivity index (χ0v) is 26.1. The van der Waals surface area contributed by atoms with E-state index in [1.54, 1.807) is 6.07 Å². The monoisotopic (exact) mass is 627 g/mol. The summed E-state index contributed by atoms with van der Waals surface area (Å²) in [4.78, 5) is 29.4. The summed E-state index contributed by atoms with van der Waals surface area (Å²) in [6.45, 7) is 7.35. The Bertz CT molecular complexity index is 1430. The predicted molar refractivity (Wildman–Crippen MR) is 165 cm³/mol. The Balaban J connectivity index is 2.08. The second-order valence-electron chi connectivity index (χ2n) is 10.2. The maximum Gasteiger partial charge on any atom is 0.244 e. The molecule has 3 aromatic rings. The molecule has 0 spiro atoms. The lowest BCUT2D eigenvalue weighted by Gasteiger charge is -2.34. The van der Waals surface area contributed by atoms with Crippen molar-refractivity contribution < 1.29 is 18.0 Å². The smallest absolute Gasteiger partial charge is 0.244 e.